The fourth-order valence-electron chi connectivity index (χ4n) is 1.95. The third-order valence-corrected chi connectivity index (χ3v) is 3.66. The van der Waals surface area contributed by atoms with Crippen molar-refractivity contribution in [3.8, 4) is 0 Å². The number of rotatable bonds is 4. The molecule has 1 heterocycles. The smallest absolute Gasteiger partial charge is 0.319 e. The standard InChI is InChI=1S/C16H18ClN3O2/c1-11-8-13(9-18-14(11)17)20-15(21)19-10-16(2,22)12-6-4-3-5-7-12/h3-9,22H,10H2,1-2H3,(H2,19,20,21). The summed E-state index contributed by atoms with van der Waals surface area (Å²) in [5.41, 5.74) is 0.904. The molecule has 5 nitrogen and oxygen atoms in total. The van der Waals surface area contributed by atoms with Crippen molar-refractivity contribution < 1.29 is 9.90 Å². The molecular weight excluding hydrogens is 302 g/mol. The van der Waals surface area contributed by atoms with Gasteiger partial charge in [-0.3, -0.25) is 0 Å². The number of aromatic nitrogens is 1. The fraction of sp³-hybridized carbons (Fsp3) is 0.250. The van der Waals surface area contributed by atoms with Crippen LogP contribution in [0.1, 0.15) is 18.1 Å². The van der Waals surface area contributed by atoms with Gasteiger partial charge in [0, 0.05) is 0 Å². The van der Waals surface area contributed by atoms with Crippen LogP contribution in [0.4, 0.5) is 10.5 Å². The normalized spacial score (nSPS) is 13.3. The molecule has 1 atom stereocenters. The van der Waals surface area contributed by atoms with Crippen LogP contribution in [-0.2, 0) is 5.60 Å². The van der Waals surface area contributed by atoms with Crippen molar-refractivity contribution in [2.24, 2.45) is 0 Å². The summed E-state index contributed by atoms with van der Waals surface area (Å²) in [6, 6.07) is 10.5. The maximum Gasteiger partial charge on any atom is 0.319 e. The molecule has 0 bridgehead atoms. The lowest BCUT2D eigenvalue weighted by Gasteiger charge is -2.24. The topological polar surface area (TPSA) is 74.2 Å². The van der Waals surface area contributed by atoms with Crippen LogP contribution in [0.25, 0.3) is 0 Å². The van der Waals surface area contributed by atoms with E-state index in [1.807, 2.05) is 30.3 Å². The summed E-state index contributed by atoms with van der Waals surface area (Å²) in [6.07, 6.45) is 1.48. The van der Waals surface area contributed by atoms with Crippen molar-refractivity contribution in [2.45, 2.75) is 19.4 Å². The zero-order chi connectivity index (χ0) is 16.2. The quantitative estimate of drug-likeness (QED) is 0.758. The minimum atomic E-state index is -1.15. The van der Waals surface area contributed by atoms with E-state index < -0.39 is 11.6 Å². The van der Waals surface area contributed by atoms with E-state index in [1.165, 1.54) is 6.20 Å². The van der Waals surface area contributed by atoms with E-state index in [9.17, 15) is 9.90 Å². The van der Waals surface area contributed by atoms with Gasteiger partial charge in [-0.05, 0) is 31.0 Å². The van der Waals surface area contributed by atoms with Crippen molar-refractivity contribution in [3.63, 3.8) is 0 Å². The van der Waals surface area contributed by atoms with Crippen LogP contribution in [0.3, 0.4) is 0 Å². The van der Waals surface area contributed by atoms with E-state index in [2.05, 4.69) is 15.6 Å². The highest BCUT2D eigenvalue weighted by atomic mass is 35.5. The second kappa shape index (κ2) is 6.77. The second-order valence-corrected chi connectivity index (χ2v) is 5.64. The lowest BCUT2D eigenvalue weighted by molar-refractivity contribution is 0.0599. The number of carbonyl (C=O) groups is 1. The zero-order valence-electron chi connectivity index (χ0n) is 12.4. The number of halogens is 1. The third kappa shape index (κ3) is 4.19. The summed E-state index contributed by atoms with van der Waals surface area (Å²) in [7, 11) is 0. The molecule has 1 aromatic carbocycles. The van der Waals surface area contributed by atoms with E-state index in [0.29, 0.717) is 10.8 Å². The molecule has 2 aromatic rings. The van der Waals surface area contributed by atoms with Crippen molar-refractivity contribution in [3.05, 3.63) is 58.9 Å². The van der Waals surface area contributed by atoms with Gasteiger partial charge in [0.1, 0.15) is 10.8 Å². The van der Waals surface area contributed by atoms with Gasteiger partial charge in [-0.1, -0.05) is 41.9 Å². The van der Waals surface area contributed by atoms with E-state index in [1.54, 1.807) is 19.9 Å². The van der Waals surface area contributed by atoms with Crippen molar-refractivity contribution in [2.75, 3.05) is 11.9 Å². The van der Waals surface area contributed by atoms with E-state index in [0.717, 1.165) is 11.1 Å². The van der Waals surface area contributed by atoms with Crippen LogP contribution >= 0.6 is 11.6 Å². The average Bonchev–Trinajstić information content (AvgIpc) is 2.50. The van der Waals surface area contributed by atoms with Crippen LogP contribution in [0.5, 0.6) is 0 Å². The number of aryl methyl sites for hydroxylation is 1. The predicted molar refractivity (Wildman–Crippen MR) is 87.0 cm³/mol. The molecule has 0 fully saturated rings. The van der Waals surface area contributed by atoms with E-state index >= 15 is 0 Å². The fourth-order valence-corrected chi connectivity index (χ4v) is 2.06. The monoisotopic (exact) mass is 319 g/mol. The molecule has 0 spiro atoms. The number of anilines is 1. The van der Waals surface area contributed by atoms with Gasteiger partial charge in [0.15, 0.2) is 0 Å². The Labute approximate surface area is 134 Å². The summed E-state index contributed by atoms with van der Waals surface area (Å²) < 4.78 is 0. The van der Waals surface area contributed by atoms with Crippen LogP contribution in [0.15, 0.2) is 42.6 Å². The predicted octanol–water partition coefficient (Wildman–Crippen LogP) is 3.07. The molecule has 0 aliphatic rings. The van der Waals surface area contributed by atoms with Gasteiger partial charge < -0.3 is 15.7 Å². The van der Waals surface area contributed by atoms with Crippen molar-refractivity contribution in [1.29, 1.82) is 0 Å². The lowest BCUT2D eigenvalue weighted by atomic mass is 9.96. The molecule has 22 heavy (non-hydrogen) atoms. The van der Waals surface area contributed by atoms with Crippen LogP contribution in [0.2, 0.25) is 5.15 Å². The molecule has 1 aromatic heterocycles. The van der Waals surface area contributed by atoms with Gasteiger partial charge in [0.25, 0.3) is 0 Å². The highest BCUT2D eigenvalue weighted by molar-refractivity contribution is 6.30. The van der Waals surface area contributed by atoms with Gasteiger partial charge in [-0.15, -0.1) is 0 Å². The Bertz CT molecular complexity index is 660. The number of aliphatic hydroxyl groups is 1. The molecule has 0 aliphatic heterocycles. The number of benzene rings is 1. The number of carbonyl (C=O) groups excluding carboxylic acids is 1. The van der Waals surface area contributed by atoms with Gasteiger partial charge in [0.2, 0.25) is 0 Å². The first-order chi connectivity index (χ1) is 10.4. The molecule has 0 saturated heterocycles. The Balaban J connectivity index is 1.93. The number of pyridine rings is 1. The minimum absolute atomic E-state index is 0.0862. The SMILES string of the molecule is Cc1cc(NC(=O)NCC(C)(O)c2ccccc2)cnc1Cl. The Morgan fingerprint density at radius 1 is 1.36 bits per heavy atom. The number of nitrogens with one attached hydrogen (secondary N) is 2. The number of nitrogens with zero attached hydrogens (tertiary/aromatic N) is 1. The molecule has 2 amide bonds. The molecule has 1 unspecified atom stereocenters. The summed E-state index contributed by atoms with van der Waals surface area (Å²) in [5.74, 6) is 0. The largest absolute Gasteiger partial charge is 0.384 e. The Kier molecular flexibility index (Phi) is 5.00. The molecule has 2 rings (SSSR count). The van der Waals surface area contributed by atoms with Gasteiger partial charge >= 0.3 is 6.03 Å². The lowest BCUT2D eigenvalue weighted by Crippen LogP contribution is -2.40. The summed E-state index contributed by atoms with van der Waals surface area (Å²) in [4.78, 5) is 15.9. The molecule has 0 aliphatic carbocycles. The number of amides is 2. The zero-order valence-corrected chi connectivity index (χ0v) is 13.2. The van der Waals surface area contributed by atoms with Crippen LogP contribution in [-0.4, -0.2) is 22.7 Å². The maximum absolute atomic E-state index is 11.9. The first-order valence-corrected chi connectivity index (χ1v) is 7.21. The number of hydrogen-bond donors (Lipinski definition) is 3. The van der Waals surface area contributed by atoms with Crippen molar-refractivity contribution in [1.82, 2.24) is 10.3 Å². The van der Waals surface area contributed by atoms with Crippen LogP contribution in [0, 0.1) is 6.92 Å². The van der Waals surface area contributed by atoms with E-state index in [-0.39, 0.29) is 6.54 Å². The molecule has 116 valence electrons. The summed E-state index contributed by atoms with van der Waals surface area (Å²) in [5, 5.41) is 16.1. The summed E-state index contributed by atoms with van der Waals surface area (Å²) in [6.45, 7) is 3.54. The third-order valence-electron chi connectivity index (χ3n) is 3.26. The number of urea groups is 1. The van der Waals surface area contributed by atoms with Gasteiger partial charge in [-0.2, -0.15) is 0 Å². The van der Waals surface area contributed by atoms with E-state index in [4.69, 9.17) is 11.6 Å². The molecule has 0 radical (unpaired) electrons. The average molecular weight is 320 g/mol. The molecule has 3 N–H and O–H groups in total. The summed E-state index contributed by atoms with van der Waals surface area (Å²) >= 11 is 5.83. The Hall–Kier alpha value is -2.11. The Morgan fingerprint density at radius 2 is 2.05 bits per heavy atom. The minimum Gasteiger partial charge on any atom is -0.384 e. The van der Waals surface area contributed by atoms with Crippen LogP contribution < -0.4 is 10.6 Å². The molecule has 0 saturated carbocycles. The molecule has 6 heteroatoms. The second-order valence-electron chi connectivity index (χ2n) is 5.28. The highest BCUT2D eigenvalue weighted by Crippen LogP contribution is 2.19. The highest BCUT2D eigenvalue weighted by Gasteiger charge is 2.23. The van der Waals surface area contributed by atoms with Gasteiger partial charge in [-0.25, -0.2) is 9.78 Å². The number of hydrogen-bond acceptors (Lipinski definition) is 3. The van der Waals surface area contributed by atoms with Gasteiger partial charge in [0.05, 0.1) is 18.4 Å². The first kappa shape index (κ1) is 16.3. The Morgan fingerprint density at radius 3 is 2.68 bits per heavy atom. The maximum atomic E-state index is 11.9. The van der Waals surface area contributed by atoms with Crippen molar-refractivity contribution >= 4 is 23.3 Å². The molecular formula is C16H18ClN3O2. The first-order valence-electron chi connectivity index (χ1n) is 6.83.